The van der Waals surface area contributed by atoms with Crippen LogP contribution in [0.4, 0.5) is 14.6 Å². The third-order valence-electron chi connectivity index (χ3n) is 13.5. The minimum absolute atomic E-state index is 0.0499. The summed E-state index contributed by atoms with van der Waals surface area (Å²) in [6.45, 7) is 11.6. The van der Waals surface area contributed by atoms with Gasteiger partial charge in [0.1, 0.15) is 0 Å². The van der Waals surface area contributed by atoms with E-state index >= 15 is 8.78 Å². The predicted octanol–water partition coefficient (Wildman–Crippen LogP) is 7.90. The van der Waals surface area contributed by atoms with E-state index < -0.39 is 25.6 Å². The Kier molecular flexibility index (Phi) is 11.8. The standard InChI is InChI=1S/C50H52F2N5O3Si.Tl/c1-6-38-41(51)23-22-34-16-13-21-39(42(34)38)44-43(52)45-40(30-53-44)46(56-28-14-25-49(5,58)32-56)55-47(54-45)59-33-50-26-15-29-57(50)35(24-27-50)31-60-61(48(2,3)4,36-17-9-7-10-18-36)37-19-11-8-12-20-37;/h7-13,16-23,30,35,58H,14-15,24-29,31-33H2,2-5H3;/t35-,49+,50-;/m0./s1. The van der Waals surface area contributed by atoms with Gasteiger partial charge in [0.2, 0.25) is 0 Å². The van der Waals surface area contributed by atoms with E-state index in [1.54, 1.807) is 18.3 Å². The minimum Gasteiger partial charge on any atom is -0.289 e. The summed E-state index contributed by atoms with van der Waals surface area (Å²) >= 11 is 0.342. The quantitative estimate of drug-likeness (QED) is 0.110. The van der Waals surface area contributed by atoms with Crippen LogP contribution in [-0.2, 0) is 4.43 Å². The Hall–Kier alpha value is -4.33. The van der Waals surface area contributed by atoms with E-state index in [9.17, 15) is 5.11 Å². The first-order valence-electron chi connectivity index (χ1n) is 21.8. The Morgan fingerprint density at radius 2 is 1.63 bits per heavy atom. The summed E-state index contributed by atoms with van der Waals surface area (Å²) in [5.74, 6) is 2.33. The topological polar surface area (TPSA) is 83.8 Å². The molecule has 4 aromatic carbocycles. The number of halogens is 2. The van der Waals surface area contributed by atoms with Gasteiger partial charge in [-0.05, 0) is 67.4 Å². The van der Waals surface area contributed by atoms with Crippen LogP contribution in [0.15, 0.2) is 97.2 Å². The normalized spacial score (nSPS) is 21.8. The average molecular weight is 1040 g/mol. The monoisotopic (exact) mass is 1040 g/mol. The molecule has 5 heterocycles. The van der Waals surface area contributed by atoms with Crippen molar-refractivity contribution in [3.8, 4) is 26.7 Å². The second-order valence-corrected chi connectivity index (χ2v) is 24.0. The molecule has 0 saturated carbocycles. The average Bonchev–Trinajstić information content (AvgIpc) is 3.83. The van der Waals surface area contributed by atoms with Crippen LogP contribution in [0.3, 0.4) is 0 Å². The molecule has 0 aliphatic carbocycles. The number of rotatable bonds is 10. The number of aromatic nitrogens is 3. The van der Waals surface area contributed by atoms with Crippen molar-refractivity contribution in [1.29, 1.82) is 0 Å². The second-order valence-electron chi connectivity index (χ2n) is 18.6. The van der Waals surface area contributed by atoms with Gasteiger partial charge in [0.15, 0.2) is 0 Å². The van der Waals surface area contributed by atoms with Crippen LogP contribution in [0.2, 0.25) is 5.04 Å². The molecule has 8 nitrogen and oxygen atoms in total. The Bertz CT molecular complexity index is 2650. The first-order chi connectivity index (χ1) is 29.8. The van der Waals surface area contributed by atoms with Crippen LogP contribution in [0.1, 0.15) is 71.8 Å². The van der Waals surface area contributed by atoms with E-state index in [0.29, 0.717) is 80.6 Å². The van der Waals surface area contributed by atoms with Gasteiger partial charge >= 0.3 is 187 Å². The molecule has 12 heteroatoms. The molecule has 2 aromatic heterocycles. The van der Waals surface area contributed by atoms with Gasteiger partial charge in [-0.2, -0.15) is 0 Å². The molecule has 3 aliphatic rings. The number of piperidine rings is 1. The minimum atomic E-state index is -2.74. The SMILES string of the molecule is CC(C)(C)[Si](OC[C@@H]1CC[C@]2(COc3nc(N4CCC[C@@](C)(O)C4)c4cnc(-c5cccc6ccc(F)c(C#[C][Tl])c56)c(F)c4n3)CCCN12)(c1ccccc1)c1ccccc1. The van der Waals surface area contributed by atoms with Crippen LogP contribution in [0.5, 0.6) is 6.01 Å². The summed E-state index contributed by atoms with van der Waals surface area (Å²) in [7, 11) is -2.74. The fraction of sp³-hybridized carbons (Fsp3) is 0.380. The Morgan fingerprint density at radius 1 is 0.903 bits per heavy atom. The van der Waals surface area contributed by atoms with Gasteiger partial charge in [-0.1, -0.05) is 81.4 Å². The van der Waals surface area contributed by atoms with Crippen molar-refractivity contribution < 1.29 is 23.1 Å². The largest absolute Gasteiger partial charge is 0.289 e. The summed E-state index contributed by atoms with van der Waals surface area (Å²) in [6, 6.07) is 30.4. The van der Waals surface area contributed by atoms with Gasteiger partial charge in [-0.15, -0.1) is 0 Å². The zero-order valence-corrected chi connectivity index (χ0v) is 41.4. The Labute approximate surface area is 379 Å². The fourth-order valence-corrected chi connectivity index (χ4v) is 15.8. The van der Waals surface area contributed by atoms with E-state index in [1.807, 2.05) is 24.0 Å². The number of β-amino-alcohol motifs (C(OH)–C–C–N with tert-alkyl or cyclic N) is 1. The zero-order valence-electron chi connectivity index (χ0n) is 35.9. The van der Waals surface area contributed by atoms with Crippen molar-refractivity contribution in [3.63, 3.8) is 0 Å². The summed E-state index contributed by atoms with van der Waals surface area (Å²) in [5, 5.41) is 15.2. The third-order valence-corrected chi connectivity index (χ3v) is 19.0. The van der Waals surface area contributed by atoms with E-state index in [-0.39, 0.29) is 39.4 Å². The number of aliphatic hydroxyl groups is 1. The van der Waals surface area contributed by atoms with Crippen molar-refractivity contribution >= 4 is 72.0 Å². The van der Waals surface area contributed by atoms with Gasteiger partial charge in [0.25, 0.3) is 8.32 Å². The van der Waals surface area contributed by atoms with E-state index in [0.717, 1.165) is 44.0 Å². The summed E-state index contributed by atoms with van der Waals surface area (Å²) in [5.41, 5.74) is -0.415. The Morgan fingerprint density at radius 3 is 2.32 bits per heavy atom. The van der Waals surface area contributed by atoms with Gasteiger partial charge in [-0.25, -0.2) is 0 Å². The third kappa shape index (κ3) is 7.73. The molecule has 62 heavy (non-hydrogen) atoms. The van der Waals surface area contributed by atoms with Gasteiger partial charge in [0, 0.05) is 6.04 Å². The number of pyridine rings is 1. The smallest absolute Gasteiger partial charge is 0.000713 e. The van der Waals surface area contributed by atoms with Gasteiger partial charge in [-0.3, -0.25) is 4.90 Å². The maximum absolute atomic E-state index is 17.3. The fourth-order valence-electron chi connectivity index (χ4n) is 10.6. The molecule has 0 amide bonds. The maximum Gasteiger partial charge on any atom is -0.000713 e. The molecule has 0 bridgehead atoms. The van der Waals surface area contributed by atoms with Crippen LogP contribution in [0.25, 0.3) is 32.9 Å². The number of hydrogen-bond acceptors (Lipinski definition) is 8. The zero-order chi connectivity index (χ0) is 43.3. The molecule has 316 valence electrons. The molecule has 3 aliphatic heterocycles. The molecule has 9 rings (SSSR count). The number of hydrogen-bond donors (Lipinski definition) is 1. The molecule has 3 fully saturated rings. The molecule has 1 N–H and O–H groups in total. The molecule has 0 spiro atoms. The van der Waals surface area contributed by atoms with Crippen LogP contribution in [-0.4, -0.2) is 109 Å². The van der Waals surface area contributed by atoms with Crippen molar-refractivity contribution in [2.24, 2.45) is 0 Å². The van der Waals surface area contributed by atoms with Crippen LogP contribution in [0, 0.1) is 21.0 Å². The maximum atomic E-state index is 17.3. The number of fused-ring (bicyclic) bond motifs is 3. The second kappa shape index (κ2) is 17.0. The molecular weight excluding hydrogens is 989 g/mol. The van der Waals surface area contributed by atoms with Crippen molar-refractivity contribution in [2.45, 2.75) is 88.4 Å². The van der Waals surface area contributed by atoms with Crippen molar-refractivity contribution in [3.05, 3.63) is 114 Å². The predicted molar refractivity (Wildman–Crippen MR) is 246 cm³/mol. The van der Waals surface area contributed by atoms with E-state index in [1.165, 1.54) is 16.4 Å². The summed E-state index contributed by atoms with van der Waals surface area (Å²) in [6.07, 6.45) is 6.89. The van der Waals surface area contributed by atoms with Crippen molar-refractivity contribution in [1.82, 2.24) is 19.9 Å². The molecule has 6 aromatic rings. The van der Waals surface area contributed by atoms with E-state index in [2.05, 4.69) is 101 Å². The van der Waals surface area contributed by atoms with Gasteiger partial charge < -0.3 is 9.53 Å². The molecular formula is C50H52F2N5O3SiTl. The number of benzene rings is 4. The number of ether oxygens (including phenoxy) is 1. The van der Waals surface area contributed by atoms with Gasteiger partial charge in [0.05, 0.1) is 17.7 Å². The molecule has 3 atom stereocenters. The van der Waals surface area contributed by atoms with E-state index in [4.69, 9.17) is 19.1 Å². The Balaban J connectivity index is 1.06. The molecule has 0 radical (unpaired) electrons. The first kappa shape index (κ1) is 42.9. The first-order valence-corrected chi connectivity index (χ1v) is 25.9. The summed E-state index contributed by atoms with van der Waals surface area (Å²) in [4.78, 5) is 19.0. The number of nitrogens with zero attached hydrogens (tertiary/aromatic N) is 5. The summed E-state index contributed by atoms with van der Waals surface area (Å²) < 4.78 is 49.7. The number of anilines is 1. The van der Waals surface area contributed by atoms with Crippen molar-refractivity contribution in [2.75, 3.05) is 37.7 Å². The molecule has 3 saturated heterocycles. The van der Waals surface area contributed by atoms with Crippen LogP contribution < -0.4 is 20.0 Å². The van der Waals surface area contributed by atoms with Crippen LogP contribution >= 0.6 is 0 Å². The molecule has 0 unspecified atom stereocenters.